The maximum atomic E-state index is 12.7. The molecule has 0 fully saturated rings. The van der Waals surface area contributed by atoms with Gasteiger partial charge in [0, 0.05) is 12.6 Å². The van der Waals surface area contributed by atoms with E-state index in [0.717, 1.165) is 5.56 Å². The first-order valence-electron chi connectivity index (χ1n) is 5.15. The minimum atomic E-state index is -0.318. The summed E-state index contributed by atoms with van der Waals surface area (Å²) in [5.41, 5.74) is 6.76. The van der Waals surface area contributed by atoms with E-state index in [0.29, 0.717) is 5.56 Å². The lowest BCUT2D eigenvalue weighted by atomic mass is 10.0. The Labute approximate surface area is 98.1 Å². The van der Waals surface area contributed by atoms with E-state index >= 15 is 0 Å². The van der Waals surface area contributed by atoms with E-state index in [1.165, 1.54) is 18.3 Å². The summed E-state index contributed by atoms with van der Waals surface area (Å²) in [5, 5.41) is 0. The van der Waals surface area contributed by atoms with E-state index in [4.69, 9.17) is 5.73 Å². The molecule has 2 rings (SSSR count). The number of nitrogens with zero attached hydrogens (tertiary/aromatic N) is 1. The monoisotopic (exact) mass is 230 g/mol. The number of nitrogens with two attached hydrogens (primary N) is 1. The van der Waals surface area contributed by atoms with E-state index in [1.54, 1.807) is 24.3 Å². The average Bonchev–Trinajstić information content (AvgIpc) is 2.32. The second-order valence-corrected chi connectivity index (χ2v) is 3.66. The first kappa shape index (κ1) is 11.3. The van der Waals surface area contributed by atoms with Gasteiger partial charge in [-0.2, -0.15) is 0 Å². The molecular formula is C13H11FN2O. The minimum absolute atomic E-state index is 0.123. The summed E-state index contributed by atoms with van der Waals surface area (Å²) < 4.78 is 12.7. The standard InChI is InChI=1S/C13H11FN2O/c14-10-5-3-9(4-6-10)8-12(17)11-2-1-7-16-13(11)15/h1-7H,8H2,(H2,15,16). The van der Waals surface area contributed by atoms with Crippen LogP contribution in [0.2, 0.25) is 0 Å². The third kappa shape index (κ3) is 2.66. The number of aromatic nitrogens is 1. The van der Waals surface area contributed by atoms with Gasteiger partial charge in [0.15, 0.2) is 5.78 Å². The molecule has 0 aliphatic heterocycles. The molecule has 1 aromatic carbocycles. The number of anilines is 1. The van der Waals surface area contributed by atoms with Gasteiger partial charge >= 0.3 is 0 Å². The summed E-state index contributed by atoms with van der Waals surface area (Å²) in [4.78, 5) is 15.8. The minimum Gasteiger partial charge on any atom is -0.383 e. The molecule has 2 N–H and O–H groups in total. The van der Waals surface area contributed by atoms with E-state index in [9.17, 15) is 9.18 Å². The van der Waals surface area contributed by atoms with Gasteiger partial charge in [0.05, 0.1) is 5.56 Å². The summed E-state index contributed by atoms with van der Waals surface area (Å²) in [6.45, 7) is 0. The molecule has 3 nitrogen and oxygen atoms in total. The molecule has 0 bridgehead atoms. The first-order valence-corrected chi connectivity index (χ1v) is 5.15. The van der Waals surface area contributed by atoms with Gasteiger partial charge in [0.1, 0.15) is 11.6 Å². The van der Waals surface area contributed by atoms with E-state index < -0.39 is 0 Å². The van der Waals surface area contributed by atoms with Crippen LogP contribution in [-0.4, -0.2) is 10.8 Å². The fourth-order valence-corrected chi connectivity index (χ4v) is 1.54. The molecule has 0 radical (unpaired) electrons. The Balaban J connectivity index is 2.17. The van der Waals surface area contributed by atoms with Crippen molar-refractivity contribution in [3.05, 3.63) is 59.5 Å². The van der Waals surface area contributed by atoms with Crippen molar-refractivity contribution in [2.45, 2.75) is 6.42 Å². The fraction of sp³-hybridized carbons (Fsp3) is 0.0769. The van der Waals surface area contributed by atoms with E-state index in [-0.39, 0.29) is 23.8 Å². The van der Waals surface area contributed by atoms with Crippen molar-refractivity contribution >= 4 is 11.6 Å². The maximum Gasteiger partial charge on any atom is 0.170 e. The molecule has 0 unspecified atom stereocenters. The Morgan fingerprint density at radius 1 is 1.24 bits per heavy atom. The molecule has 2 aromatic rings. The second kappa shape index (κ2) is 4.74. The van der Waals surface area contributed by atoms with Gasteiger partial charge in [-0.1, -0.05) is 12.1 Å². The van der Waals surface area contributed by atoms with Crippen LogP contribution in [0.3, 0.4) is 0 Å². The molecule has 0 aliphatic rings. The normalized spacial score (nSPS) is 10.2. The Kier molecular flexibility index (Phi) is 3.14. The molecule has 0 spiro atoms. The molecule has 17 heavy (non-hydrogen) atoms. The van der Waals surface area contributed by atoms with Gasteiger partial charge in [-0.15, -0.1) is 0 Å². The predicted molar refractivity (Wildman–Crippen MR) is 63.1 cm³/mol. The number of hydrogen-bond donors (Lipinski definition) is 1. The van der Waals surface area contributed by atoms with Gasteiger partial charge in [-0.3, -0.25) is 4.79 Å². The van der Waals surface area contributed by atoms with Crippen LogP contribution in [0.25, 0.3) is 0 Å². The zero-order valence-corrected chi connectivity index (χ0v) is 9.06. The van der Waals surface area contributed by atoms with Crippen molar-refractivity contribution in [1.82, 2.24) is 4.98 Å². The summed E-state index contributed by atoms with van der Waals surface area (Å²) in [6, 6.07) is 9.12. The molecule has 86 valence electrons. The number of carbonyl (C=O) groups is 1. The summed E-state index contributed by atoms with van der Waals surface area (Å²) in [7, 11) is 0. The van der Waals surface area contributed by atoms with E-state index in [1.807, 2.05) is 0 Å². The summed E-state index contributed by atoms with van der Waals surface area (Å²) >= 11 is 0. The quantitative estimate of drug-likeness (QED) is 0.822. The zero-order chi connectivity index (χ0) is 12.3. The molecule has 0 atom stereocenters. The van der Waals surface area contributed by atoms with Crippen molar-refractivity contribution in [3.63, 3.8) is 0 Å². The Hall–Kier alpha value is -2.23. The lowest BCUT2D eigenvalue weighted by Gasteiger charge is -2.03. The van der Waals surface area contributed by atoms with Gasteiger partial charge in [-0.25, -0.2) is 9.37 Å². The largest absolute Gasteiger partial charge is 0.383 e. The topological polar surface area (TPSA) is 56.0 Å². The number of ketones is 1. The lowest BCUT2D eigenvalue weighted by molar-refractivity contribution is 0.0993. The Bertz CT molecular complexity index is 537. The van der Waals surface area contributed by atoms with E-state index in [2.05, 4.69) is 4.98 Å². The number of benzene rings is 1. The third-order valence-corrected chi connectivity index (χ3v) is 2.42. The fourth-order valence-electron chi connectivity index (χ4n) is 1.54. The highest BCUT2D eigenvalue weighted by Gasteiger charge is 2.10. The average molecular weight is 230 g/mol. The van der Waals surface area contributed by atoms with Gasteiger partial charge in [-0.05, 0) is 29.8 Å². The zero-order valence-electron chi connectivity index (χ0n) is 9.06. The highest BCUT2D eigenvalue weighted by Crippen LogP contribution is 2.12. The van der Waals surface area contributed by atoms with Crippen LogP contribution in [0.4, 0.5) is 10.2 Å². The van der Waals surface area contributed by atoms with Crippen LogP contribution >= 0.6 is 0 Å². The van der Waals surface area contributed by atoms with Crippen molar-refractivity contribution < 1.29 is 9.18 Å². The molecule has 0 saturated carbocycles. The highest BCUT2D eigenvalue weighted by molar-refractivity contribution is 6.01. The van der Waals surface area contributed by atoms with Gasteiger partial charge < -0.3 is 5.73 Å². The highest BCUT2D eigenvalue weighted by atomic mass is 19.1. The Morgan fingerprint density at radius 2 is 1.94 bits per heavy atom. The van der Waals surface area contributed by atoms with Crippen LogP contribution in [0.5, 0.6) is 0 Å². The second-order valence-electron chi connectivity index (χ2n) is 3.66. The summed E-state index contributed by atoms with van der Waals surface area (Å²) in [5.74, 6) is -0.219. The van der Waals surface area contributed by atoms with Crippen molar-refractivity contribution in [1.29, 1.82) is 0 Å². The molecular weight excluding hydrogens is 219 g/mol. The molecule has 1 aromatic heterocycles. The first-order chi connectivity index (χ1) is 8.16. The molecule has 0 amide bonds. The molecule has 1 heterocycles. The van der Waals surface area contributed by atoms with Crippen molar-refractivity contribution in [3.8, 4) is 0 Å². The van der Waals surface area contributed by atoms with Crippen LogP contribution < -0.4 is 5.73 Å². The number of carbonyl (C=O) groups excluding carboxylic acids is 1. The molecule has 4 heteroatoms. The summed E-state index contributed by atoms with van der Waals surface area (Å²) in [6.07, 6.45) is 1.72. The molecule has 0 aliphatic carbocycles. The Morgan fingerprint density at radius 3 is 2.59 bits per heavy atom. The number of pyridine rings is 1. The predicted octanol–water partition coefficient (Wildman–Crippen LogP) is 2.23. The number of halogens is 1. The van der Waals surface area contributed by atoms with Crippen LogP contribution in [0.15, 0.2) is 42.6 Å². The number of Topliss-reactive ketones (excluding diaryl/α,β-unsaturated/α-hetero) is 1. The maximum absolute atomic E-state index is 12.7. The SMILES string of the molecule is Nc1ncccc1C(=O)Cc1ccc(F)cc1. The van der Waals surface area contributed by atoms with Gasteiger partial charge in [0.2, 0.25) is 0 Å². The lowest BCUT2D eigenvalue weighted by Crippen LogP contribution is -2.08. The number of hydrogen-bond acceptors (Lipinski definition) is 3. The van der Waals surface area contributed by atoms with Crippen LogP contribution in [-0.2, 0) is 6.42 Å². The molecule has 0 saturated heterocycles. The van der Waals surface area contributed by atoms with Crippen molar-refractivity contribution in [2.75, 3.05) is 5.73 Å². The van der Waals surface area contributed by atoms with Crippen molar-refractivity contribution in [2.24, 2.45) is 0 Å². The third-order valence-electron chi connectivity index (χ3n) is 2.42. The van der Waals surface area contributed by atoms with Gasteiger partial charge in [0.25, 0.3) is 0 Å². The van der Waals surface area contributed by atoms with Crippen LogP contribution in [0, 0.1) is 5.82 Å². The smallest absolute Gasteiger partial charge is 0.170 e. The number of rotatable bonds is 3. The number of nitrogen functional groups attached to an aromatic ring is 1. The van der Waals surface area contributed by atoms with Crippen LogP contribution in [0.1, 0.15) is 15.9 Å².